The van der Waals surface area contributed by atoms with Crippen LogP contribution in [-0.4, -0.2) is 29.9 Å². The molecule has 1 aliphatic rings. The lowest BCUT2D eigenvalue weighted by molar-refractivity contribution is 0.0947. The summed E-state index contributed by atoms with van der Waals surface area (Å²) in [7, 11) is 0. The molecule has 1 aliphatic heterocycles. The van der Waals surface area contributed by atoms with E-state index in [0.717, 1.165) is 34.1 Å². The number of benzene rings is 1. The van der Waals surface area contributed by atoms with Gasteiger partial charge in [0, 0.05) is 30.3 Å². The lowest BCUT2D eigenvalue weighted by atomic mass is 10.1. The maximum Gasteiger partial charge on any atom is 0.254 e. The lowest BCUT2D eigenvalue weighted by Gasteiger charge is -2.14. The average Bonchev–Trinajstić information content (AvgIpc) is 2.98. The standard InChI is InChI=1S/C19H22N2O3S/c1-4-23-16-9-13-8-12(2)24-17(13)10-14(16)11-21-18(22)15-6-5-7-20-19(15)25-3/h5-7,9-10,12H,4,8,11H2,1-3H3,(H,21,22)/t12-/m0/s1. The average molecular weight is 358 g/mol. The van der Waals surface area contributed by atoms with E-state index in [9.17, 15) is 4.79 Å². The van der Waals surface area contributed by atoms with Crippen LogP contribution in [0, 0.1) is 0 Å². The minimum Gasteiger partial charge on any atom is -0.494 e. The van der Waals surface area contributed by atoms with E-state index < -0.39 is 0 Å². The van der Waals surface area contributed by atoms with Crippen molar-refractivity contribution in [3.05, 3.63) is 47.2 Å². The van der Waals surface area contributed by atoms with E-state index in [4.69, 9.17) is 9.47 Å². The molecular weight excluding hydrogens is 336 g/mol. The molecule has 0 saturated heterocycles. The van der Waals surface area contributed by atoms with Crippen LogP contribution in [0.15, 0.2) is 35.5 Å². The topological polar surface area (TPSA) is 60.5 Å². The summed E-state index contributed by atoms with van der Waals surface area (Å²) in [5.74, 6) is 1.54. The third-order valence-electron chi connectivity index (χ3n) is 4.03. The highest BCUT2D eigenvalue weighted by molar-refractivity contribution is 7.98. The third-order valence-corrected chi connectivity index (χ3v) is 4.74. The summed E-state index contributed by atoms with van der Waals surface area (Å²) in [6, 6.07) is 7.56. The summed E-state index contributed by atoms with van der Waals surface area (Å²) in [6.45, 7) is 4.96. The molecule has 132 valence electrons. The van der Waals surface area contributed by atoms with Crippen molar-refractivity contribution < 1.29 is 14.3 Å². The second-order valence-corrected chi connectivity index (χ2v) is 6.67. The number of ether oxygens (including phenoxy) is 2. The molecule has 0 fully saturated rings. The number of aromatic nitrogens is 1. The van der Waals surface area contributed by atoms with Gasteiger partial charge in [0.2, 0.25) is 0 Å². The highest BCUT2D eigenvalue weighted by atomic mass is 32.2. The molecule has 0 aliphatic carbocycles. The number of thioether (sulfide) groups is 1. The number of amides is 1. The van der Waals surface area contributed by atoms with Gasteiger partial charge in [-0.1, -0.05) is 0 Å². The SMILES string of the molecule is CCOc1cc2c(cc1CNC(=O)c1cccnc1SC)O[C@@H](C)C2. The molecule has 0 saturated carbocycles. The van der Waals surface area contributed by atoms with Gasteiger partial charge in [0.25, 0.3) is 5.91 Å². The number of hydrogen-bond acceptors (Lipinski definition) is 5. The van der Waals surface area contributed by atoms with E-state index in [1.54, 1.807) is 18.3 Å². The number of nitrogens with one attached hydrogen (secondary N) is 1. The molecular formula is C19H22N2O3S. The Kier molecular flexibility index (Phi) is 5.48. The fraction of sp³-hybridized carbons (Fsp3) is 0.368. The van der Waals surface area contributed by atoms with Gasteiger partial charge in [0.1, 0.15) is 22.6 Å². The first-order valence-corrected chi connectivity index (χ1v) is 9.57. The Bertz CT molecular complexity index is 779. The molecule has 3 rings (SSSR count). The van der Waals surface area contributed by atoms with Gasteiger partial charge in [0.05, 0.1) is 12.2 Å². The molecule has 0 unspecified atom stereocenters. The minimum atomic E-state index is -0.144. The fourth-order valence-corrected chi connectivity index (χ4v) is 3.45. The van der Waals surface area contributed by atoms with Crippen molar-refractivity contribution in [3.63, 3.8) is 0 Å². The van der Waals surface area contributed by atoms with Crippen molar-refractivity contribution in [2.45, 2.75) is 37.9 Å². The highest BCUT2D eigenvalue weighted by Gasteiger charge is 2.22. The van der Waals surface area contributed by atoms with Gasteiger partial charge < -0.3 is 14.8 Å². The molecule has 25 heavy (non-hydrogen) atoms. The number of nitrogens with zero attached hydrogens (tertiary/aromatic N) is 1. The first kappa shape index (κ1) is 17.6. The summed E-state index contributed by atoms with van der Waals surface area (Å²) >= 11 is 1.46. The smallest absolute Gasteiger partial charge is 0.254 e. The van der Waals surface area contributed by atoms with Crippen LogP contribution in [0.2, 0.25) is 0 Å². The van der Waals surface area contributed by atoms with E-state index in [1.165, 1.54) is 11.8 Å². The number of carbonyl (C=O) groups excluding carboxylic acids is 1. The molecule has 2 heterocycles. The summed E-state index contributed by atoms with van der Waals surface area (Å²) < 4.78 is 11.6. The van der Waals surface area contributed by atoms with E-state index in [-0.39, 0.29) is 12.0 Å². The molecule has 6 heteroatoms. The molecule has 0 spiro atoms. The van der Waals surface area contributed by atoms with Crippen LogP contribution in [-0.2, 0) is 13.0 Å². The van der Waals surface area contributed by atoms with E-state index in [2.05, 4.69) is 10.3 Å². The molecule has 1 aromatic carbocycles. The number of hydrogen-bond donors (Lipinski definition) is 1. The molecule has 5 nitrogen and oxygen atoms in total. The zero-order valence-electron chi connectivity index (χ0n) is 14.7. The predicted octanol–water partition coefficient (Wildman–Crippen LogP) is 3.46. The Morgan fingerprint density at radius 2 is 2.32 bits per heavy atom. The first-order valence-electron chi connectivity index (χ1n) is 8.34. The third kappa shape index (κ3) is 3.90. The summed E-state index contributed by atoms with van der Waals surface area (Å²) in [5, 5.41) is 3.68. The Morgan fingerprint density at radius 3 is 3.08 bits per heavy atom. The number of rotatable bonds is 6. The Hall–Kier alpha value is -2.21. The quantitative estimate of drug-likeness (QED) is 0.802. The first-order chi connectivity index (χ1) is 12.1. The molecule has 0 radical (unpaired) electrons. The molecule has 1 N–H and O–H groups in total. The Balaban J connectivity index is 1.78. The second kappa shape index (κ2) is 7.78. The zero-order valence-corrected chi connectivity index (χ0v) is 15.5. The van der Waals surface area contributed by atoms with Crippen LogP contribution >= 0.6 is 11.8 Å². The van der Waals surface area contributed by atoms with Crippen molar-refractivity contribution in [2.24, 2.45) is 0 Å². The van der Waals surface area contributed by atoms with Crippen molar-refractivity contribution in [1.29, 1.82) is 0 Å². The van der Waals surface area contributed by atoms with Crippen molar-refractivity contribution in [1.82, 2.24) is 10.3 Å². The van der Waals surface area contributed by atoms with Crippen LogP contribution in [0.3, 0.4) is 0 Å². The van der Waals surface area contributed by atoms with Crippen LogP contribution in [0.4, 0.5) is 0 Å². The van der Waals surface area contributed by atoms with Crippen molar-refractivity contribution in [2.75, 3.05) is 12.9 Å². The van der Waals surface area contributed by atoms with Gasteiger partial charge in [-0.2, -0.15) is 0 Å². The van der Waals surface area contributed by atoms with E-state index in [1.807, 2.05) is 32.2 Å². The maximum atomic E-state index is 12.5. The van der Waals surface area contributed by atoms with Gasteiger partial charge >= 0.3 is 0 Å². The molecule has 2 aromatic rings. The predicted molar refractivity (Wildman–Crippen MR) is 98.6 cm³/mol. The highest BCUT2D eigenvalue weighted by Crippen LogP contribution is 2.35. The van der Waals surface area contributed by atoms with E-state index >= 15 is 0 Å². The Labute approximate surface area is 152 Å². The zero-order chi connectivity index (χ0) is 17.8. The normalized spacial score (nSPS) is 15.4. The molecule has 0 bridgehead atoms. The fourth-order valence-electron chi connectivity index (χ4n) is 2.91. The summed E-state index contributed by atoms with van der Waals surface area (Å²) in [6.07, 6.45) is 4.66. The molecule has 1 atom stereocenters. The Morgan fingerprint density at radius 1 is 1.48 bits per heavy atom. The maximum absolute atomic E-state index is 12.5. The number of fused-ring (bicyclic) bond motifs is 1. The molecule has 1 aromatic heterocycles. The number of pyridine rings is 1. The van der Waals surface area contributed by atoms with Crippen LogP contribution in [0.1, 0.15) is 35.3 Å². The molecule has 1 amide bonds. The van der Waals surface area contributed by atoms with Gasteiger partial charge in [-0.05, 0) is 44.4 Å². The van der Waals surface area contributed by atoms with Gasteiger partial charge in [-0.25, -0.2) is 4.98 Å². The van der Waals surface area contributed by atoms with Crippen molar-refractivity contribution >= 4 is 17.7 Å². The van der Waals surface area contributed by atoms with Gasteiger partial charge in [-0.3, -0.25) is 4.79 Å². The minimum absolute atomic E-state index is 0.144. The van der Waals surface area contributed by atoms with Gasteiger partial charge in [-0.15, -0.1) is 11.8 Å². The van der Waals surface area contributed by atoms with Crippen LogP contribution < -0.4 is 14.8 Å². The summed E-state index contributed by atoms with van der Waals surface area (Å²) in [5.41, 5.74) is 2.65. The van der Waals surface area contributed by atoms with Gasteiger partial charge in [0.15, 0.2) is 0 Å². The van der Waals surface area contributed by atoms with Crippen molar-refractivity contribution in [3.8, 4) is 11.5 Å². The lowest BCUT2D eigenvalue weighted by Crippen LogP contribution is -2.24. The van der Waals surface area contributed by atoms with E-state index in [0.29, 0.717) is 18.7 Å². The van der Waals surface area contributed by atoms with Crippen LogP contribution in [0.25, 0.3) is 0 Å². The largest absolute Gasteiger partial charge is 0.494 e. The number of carbonyl (C=O) groups is 1. The summed E-state index contributed by atoms with van der Waals surface area (Å²) in [4.78, 5) is 16.7. The van der Waals surface area contributed by atoms with Crippen LogP contribution in [0.5, 0.6) is 11.5 Å². The second-order valence-electron chi connectivity index (χ2n) is 5.88. The monoisotopic (exact) mass is 358 g/mol.